The third-order valence-electron chi connectivity index (χ3n) is 2.16. The third kappa shape index (κ3) is 4.45. The predicted molar refractivity (Wildman–Crippen MR) is 61.5 cm³/mol. The number of hydrogen-bond acceptors (Lipinski definition) is 2. The maximum atomic E-state index is 11.8. The van der Waals surface area contributed by atoms with Crippen molar-refractivity contribution in [3.8, 4) is 0 Å². The van der Waals surface area contributed by atoms with Crippen molar-refractivity contribution in [2.24, 2.45) is 10.8 Å². The maximum Gasteiger partial charge on any atom is 0.225 e. The highest BCUT2D eigenvalue weighted by atomic mass is 16.2. The first-order chi connectivity index (χ1) is 6.46. The van der Waals surface area contributed by atoms with Gasteiger partial charge in [-0.3, -0.25) is 9.59 Å². The van der Waals surface area contributed by atoms with Crippen molar-refractivity contribution in [1.29, 1.82) is 0 Å². The Kier molecular flexibility index (Phi) is 4.08. The van der Waals surface area contributed by atoms with Crippen LogP contribution < -0.4 is 5.32 Å². The molecule has 0 fully saturated rings. The fourth-order valence-corrected chi connectivity index (χ4v) is 1.13. The summed E-state index contributed by atoms with van der Waals surface area (Å²) in [6.07, 6.45) is 0. The number of hydrogen-bond donors (Lipinski definition) is 1. The molecule has 0 spiro atoms. The van der Waals surface area contributed by atoms with Crippen LogP contribution in [0.5, 0.6) is 0 Å². The Morgan fingerprint density at radius 3 is 1.60 bits per heavy atom. The van der Waals surface area contributed by atoms with Crippen molar-refractivity contribution >= 4 is 11.7 Å². The fourth-order valence-electron chi connectivity index (χ4n) is 1.13. The zero-order valence-electron chi connectivity index (χ0n) is 10.9. The molecule has 0 unspecified atom stereocenters. The van der Waals surface area contributed by atoms with Crippen molar-refractivity contribution in [3.05, 3.63) is 0 Å². The summed E-state index contributed by atoms with van der Waals surface area (Å²) in [5, 5.41) is 2.74. The molecule has 0 heterocycles. The molecule has 0 aliphatic rings. The minimum atomic E-state index is -0.452. The fraction of sp³-hybridized carbons (Fsp3) is 0.833. The Hall–Kier alpha value is -0.860. The molecule has 0 rings (SSSR count). The van der Waals surface area contributed by atoms with Crippen LogP contribution in [0, 0.1) is 10.8 Å². The molecule has 0 bridgehead atoms. The minimum absolute atomic E-state index is 0.0556. The number of ketones is 1. The second-order valence-corrected chi connectivity index (χ2v) is 6.06. The Bertz CT molecular complexity index is 256. The van der Waals surface area contributed by atoms with E-state index in [0.717, 1.165) is 0 Å². The molecule has 88 valence electrons. The number of amides is 1. The van der Waals surface area contributed by atoms with Crippen molar-refractivity contribution in [2.45, 2.75) is 54.5 Å². The molecule has 0 radical (unpaired) electrons. The molecule has 1 atom stereocenters. The summed E-state index contributed by atoms with van der Waals surface area (Å²) in [5.41, 5.74) is -0.864. The van der Waals surface area contributed by atoms with Gasteiger partial charge in [0.1, 0.15) is 0 Å². The molecule has 15 heavy (non-hydrogen) atoms. The molecule has 0 saturated heterocycles. The molecule has 0 aromatic heterocycles. The van der Waals surface area contributed by atoms with Crippen LogP contribution in [0.2, 0.25) is 0 Å². The molecular formula is C12H23NO2. The maximum absolute atomic E-state index is 11.8. The number of carbonyl (C=O) groups is 2. The van der Waals surface area contributed by atoms with Crippen LogP contribution in [-0.2, 0) is 9.59 Å². The highest BCUT2D eigenvalue weighted by Crippen LogP contribution is 2.18. The Morgan fingerprint density at radius 2 is 1.33 bits per heavy atom. The third-order valence-corrected chi connectivity index (χ3v) is 2.16. The summed E-state index contributed by atoms with van der Waals surface area (Å²) in [4.78, 5) is 23.5. The quantitative estimate of drug-likeness (QED) is 0.764. The Morgan fingerprint density at radius 1 is 0.933 bits per heavy atom. The van der Waals surface area contributed by atoms with Crippen LogP contribution in [0.1, 0.15) is 48.5 Å². The number of rotatable bonds is 2. The van der Waals surface area contributed by atoms with Crippen LogP contribution in [0.15, 0.2) is 0 Å². The van der Waals surface area contributed by atoms with Gasteiger partial charge in [0.15, 0.2) is 5.78 Å². The normalized spacial score (nSPS) is 14.6. The molecule has 0 aromatic carbocycles. The van der Waals surface area contributed by atoms with Gasteiger partial charge in [-0.1, -0.05) is 41.5 Å². The second kappa shape index (κ2) is 4.33. The number of nitrogens with one attached hydrogen (secondary N) is 1. The monoisotopic (exact) mass is 213 g/mol. The highest BCUT2D eigenvalue weighted by Gasteiger charge is 2.30. The smallest absolute Gasteiger partial charge is 0.225 e. The molecule has 3 heteroatoms. The van der Waals surface area contributed by atoms with E-state index in [-0.39, 0.29) is 11.7 Å². The van der Waals surface area contributed by atoms with Gasteiger partial charge in [0.05, 0.1) is 6.04 Å². The van der Waals surface area contributed by atoms with Gasteiger partial charge in [-0.25, -0.2) is 0 Å². The van der Waals surface area contributed by atoms with Crippen molar-refractivity contribution in [1.82, 2.24) is 5.32 Å². The first kappa shape index (κ1) is 14.1. The number of Topliss-reactive ketones (excluding diaryl/α,β-unsaturated/α-hetero) is 1. The minimum Gasteiger partial charge on any atom is -0.346 e. The average molecular weight is 213 g/mol. The topological polar surface area (TPSA) is 46.2 Å². The van der Waals surface area contributed by atoms with E-state index >= 15 is 0 Å². The van der Waals surface area contributed by atoms with E-state index in [1.54, 1.807) is 6.92 Å². The summed E-state index contributed by atoms with van der Waals surface area (Å²) in [6, 6.07) is -0.420. The first-order valence-corrected chi connectivity index (χ1v) is 5.31. The highest BCUT2D eigenvalue weighted by molar-refractivity contribution is 5.93. The van der Waals surface area contributed by atoms with Crippen LogP contribution in [0.3, 0.4) is 0 Å². The Labute approximate surface area is 92.6 Å². The van der Waals surface area contributed by atoms with Gasteiger partial charge in [-0.15, -0.1) is 0 Å². The molecule has 0 aliphatic heterocycles. The van der Waals surface area contributed by atoms with E-state index < -0.39 is 16.9 Å². The van der Waals surface area contributed by atoms with Gasteiger partial charge in [0, 0.05) is 10.8 Å². The van der Waals surface area contributed by atoms with E-state index in [2.05, 4.69) is 5.32 Å². The lowest BCUT2D eigenvalue weighted by Crippen LogP contribution is -2.47. The summed E-state index contributed by atoms with van der Waals surface area (Å²) >= 11 is 0. The van der Waals surface area contributed by atoms with E-state index in [1.807, 2.05) is 41.5 Å². The molecule has 1 amide bonds. The summed E-state index contributed by atoms with van der Waals surface area (Å²) in [5.74, 6) is -0.0345. The van der Waals surface area contributed by atoms with Crippen molar-refractivity contribution in [3.63, 3.8) is 0 Å². The lowest BCUT2D eigenvalue weighted by molar-refractivity contribution is -0.135. The molecular weight excluding hydrogens is 190 g/mol. The van der Waals surface area contributed by atoms with Crippen molar-refractivity contribution < 1.29 is 9.59 Å². The molecule has 0 aliphatic carbocycles. The first-order valence-electron chi connectivity index (χ1n) is 5.31. The van der Waals surface area contributed by atoms with Gasteiger partial charge in [0.25, 0.3) is 0 Å². The second-order valence-electron chi connectivity index (χ2n) is 6.06. The Balaban J connectivity index is 4.46. The van der Waals surface area contributed by atoms with Crippen LogP contribution in [-0.4, -0.2) is 17.7 Å². The van der Waals surface area contributed by atoms with Crippen LogP contribution in [0.25, 0.3) is 0 Å². The summed E-state index contributed by atoms with van der Waals surface area (Å²) in [7, 11) is 0. The van der Waals surface area contributed by atoms with Gasteiger partial charge in [-0.2, -0.15) is 0 Å². The SMILES string of the molecule is C[C@H](NC(=O)C(C)(C)C)C(=O)C(C)(C)C. The van der Waals surface area contributed by atoms with E-state index in [9.17, 15) is 9.59 Å². The van der Waals surface area contributed by atoms with E-state index in [4.69, 9.17) is 0 Å². The molecule has 1 N–H and O–H groups in total. The molecule has 0 saturated carbocycles. The van der Waals surface area contributed by atoms with Gasteiger partial charge in [0.2, 0.25) is 5.91 Å². The zero-order chi connectivity index (χ0) is 12.4. The van der Waals surface area contributed by atoms with Crippen molar-refractivity contribution in [2.75, 3.05) is 0 Å². The van der Waals surface area contributed by atoms with Gasteiger partial charge >= 0.3 is 0 Å². The average Bonchev–Trinajstić information content (AvgIpc) is 1.99. The summed E-state index contributed by atoms with van der Waals surface area (Å²) < 4.78 is 0. The predicted octanol–water partition coefficient (Wildman–Crippen LogP) is 2.15. The van der Waals surface area contributed by atoms with E-state index in [1.165, 1.54) is 0 Å². The summed E-state index contributed by atoms with van der Waals surface area (Å²) in [6.45, 7) is 12.8. The van der Waals surface area contributed by atoms with Crippen LogP contribution in [0.4, 0.5) is 0 Å². The number of carbonyl (C=O) groups excluding carboxylic acids is 2. The molecule has 3 nitrogen and oxygen atoms in total. The standard InChI is InChI=1S/C12H23NO2/c1-8(9(14)11(2,3)4)13-10(15)12(5,6)7/h8H,1-7H3,(H,13,15)/t8-/m0/s1. The zero-order valence-corrected chi connectivity index (χ0v) is 10.9. The lowest BCUT2D eigenvalue weighted by atomic mass is 9.86. The van der Waals surface area contributed by atoms with Crippen LogP contribution >= 0.6 is 0 Å². The van der Waals surface area contributed by atoms with E-state index in [0.29, 0.717) is 0 Å². The largest absolute Gasteiger partial charge is 0.346 e. The van der Waals surface area contributed by atoms with Gasteiger partial charge < -0.3 is 5.32 Å². The molecule has 0 aromatic rings. The lowest BCUT2D eigenvalue weighted by Gasteiger charge is -2.25. The van der Waals surface area contributed by atoms with Gasteiger partial charge in [-0.05, 0) is 6.92 Å².